The van der Waals surface area contributed by atoms with Crippen molar-refractivity contribution in [2.45, 2.75) is 46.2 Å². The van der Waals surface area contributed by atoms with Crippen LogP contribution in [-0.4, -0.2) is 42.2 Å². The molecule has 3 rings (SSSR count). The zero-order chi connectivity index (χ0) is 19.9. The summed E-state index contributed by atoms with van der Waals surface area (Å²) in [6.45, 7) is 10.4. The summed E-state index contributed by atoms with van der Waals surface area (Å²) in [5.74, 6) is 1.71. The quantitative estimate of drug-likeness (QED) is 0.614. The van der Waals surface area contributed by atoms with Crippen LogP contribution in [0.15, 0.2) is 34.9 Å². The number of aryl methyl sites for hydroxylation is 1. The minimum atomic E-state index is 0.515. The monoisotopic (exact) mass is 447 g/mol. The lowest BCUT2D eigenvalue weighted by Gasteiger charge is -2.33. The fourth-order valence-corrected chi connectivity index (χ4v) is 4.06. The van der Waals surface area contributed by atoms with Crippen molar-refractivity contribution in [2.24, 2.45) is 0 Å². The number of likely N-dealkylation sites (tertiary alicyclic amines) is 1. The molecule has 1 aromatic carbocycles. The largest absolute Gasteiger partial charge is 0.493 e. The summed E-state index contributed by atoms with van der Waals surface area (Å²) in [6.07, 6.45) is 4.13. The van der Waals surface area contributed by atoms with E-state index >= 15 is 0 Å². The maximum atomic E-state index is 5.79. The van der Waals surface area contributed by atoms with Crippen molar-refractivity contribution in [3.05, 3.63) is 46.2 Å². The van der Waals surface area contributed by atoms with Crippen LogP contribution in [0.5, 0.6) is 11.5 Å². The van der Waals surface area contributed by atoms with Crippen LogP contribution in [0.2, 0.25) is 0 Å². The van der Waals surface area contributed by atoms with E-state index in [9.17, 15) is 0 Å². The van der Waals surface area contributed by atoms with E-state index in [1.165, 1.54) is 11.3 Å². The number of piperidine rings is 1. The van der Waals surface area contributed by atoms with Gasteiger partial charge in [-0.1, -0.05) is 0 Å². The summed E-state index contributed by atoms with van der Waals surface area (Å²) in [5, 5.41) is 3.65. The Kier molecular flexibility index (Phi) is 7.57. The molecule has 0 bridgehead atoms. The molecule has 0 atom stereocenters. The third-order valence-electron chi connectivity index (χ3n) is 4.93. The number of nitrogens with zero attached hydrogens (tertiary/aromatic N) is 2. The Morgan fingerprint density at radius 2 is 1.75 bits per heavy atom. The van der Waals surface area contributed by atoms with Gasteiger partial charge in [0.2, 0.25) is 0 Å². The highest BCUT2D eigenvalue weighted by Gasteiger charge is 2.20. The molecule has 1 N–H and O–H groups in total. The van der Waals surface area contributed by atoms with Gasteiger partial charge in [0.25, 0.3) is 0 Å². The van der Waals surface area contributed by atoms with E-state index in [0.29, 0.717) is 19.3 Å². The molecular weight excluding hydrogens is 418 g/mol. The summed E-state index contributed by atoms with van der Waals surface area (Å²) in [4.78, 5) is 6.77. The van der Waals surface area contributed by atoms with Crippen molar-refractivity contribution in [1.29, 1.82) is 0 Å². The number of hydrogen-bond donors (Lipinski definition) is 1. The van der Waals surface area contributed by atoms with Gasteiger partial charge in [-0.25, -0.2) is 0 Å². The van der Waals surface area contributed by atoms with Crippen LogP contribution >= 0.6 is 15.9 Å². The van der Waals surface area contributed by atoms with Gasteiger partial charge >= 0.3 is 0 Å². The Bertz CT molecular complexity index is 749. The Balaban J connectivity index is 1.59. The molecule has 6 heteroatoms. The summed E-state index contributed by atoms with van der Waals surface area (Å²) < 4.78 is 12.5. The average molecular weight is 448 g/mol. The zero-order valence-electron chi connectivity index (χ0n) is 17.0. The number of anilines is 1. The van der Waals surface area contributed by atoms with Crippen molar-refractivity contribution in [1.82, 2.24) is 9.88 Å². The number of benzene rings is 1. The van der Waals surface area contributed by atoms with Crippen molar-refractivity contribution in [2.75, 3.05) is 31.6 Å². The molecule has 1 aromatic heterocycles. The Morgan fingerprint density at radius 3 is 2.32 bits per heavy atom. The highest BCUT2D eigenvalue weighted by molar-refractivity contribution is 9.10. The van der Waals surface area contributed by atoms with Gasteiger partial charge < -0.3 is 14.8 Å². The zero-order valence-corrected chi connectivity index (χ0v) is 18.6. The molecule has 28 heavy (non-hydrogen) atoms. The number of nitrogens with one attached hydrogen (secondary N) is 1. The van der Waals surface area contributed by atoms with E-state index in [2.05, 4.69) is 49.3 Å². The molecule has 5 nitrogen and oxygen atoms in total. The van der Waals surface area contributed by atoms with Crippen LogP contribution < -0.4 is 14.8 Å². The highest BCUT2D eigenvalue weighted by atomic mass is 79.9. The minimum Gasteiger partial charge on any atom is -0.493 e. The molecule has 0 amide bonds. The fraction of sp³-hybridized carbons (Fsp3) is 0.500. The second-order valence-corrected chi connectivity index (χ2v) is 7.95. The number of hydrogen-bond acceptors (Lipinski definition) is 5. The Morgan fingerprint density at radius 1 is 1.11 bits per heavy atom. The molecular formula is C22H30BrN3O2. The standard InChI is InChI=1S/C22H30BrN3O2/c1-4-27-20-13-17(14-21(22(20)23)28-5-2)15-26-10-7-18(8-11-26)25-19-6-9-24-16(3)12-19/h6,9,12-14,18H,4-5,7-8,10-11,15H2,1-3H3,(H,24,25). The van der Waals surface area contributed by atoms with Crippen LogP contribution in [0.1, 0.15) is 37.9 Å². The predicted octanol–water partition coefficient (Wildman–Crippen LogP) is 5.03. The third kappa shape index (κ3) is 5.61. The lowest BCUT2D eigenvalue weighted by atomic mass is 10.0. The third-order valence-corrected chi connectivity index (χ3v) is 5.71. The smallest absolute Gasteiger partial charge is 0.137 e. The van der Waals surface area contributed by atoms with Crippen molar-refractivity contribution in [3.63, 3.8) is 0 Å². The predicted molar refractivity (Wildman–Crippen MR) is 117 cm³/mol. The summed E-state index contributed by atoms with van der Waals surface area (Å²) in [7, 11) is 0. The molecule has 0 unspecified atom stereocenters. The first-order valence-corrected chi connectivity index (χ1v) is 10.9. The normalized spacial score (nSPS) is 15.4. The number of pyridine rings is 1. The fourth-order valence-electron chi connectivity index (χ4n) is 3.60. The molecule has 2 aromatic rings. The number of aromatic nitrogens is 1. The number of halogens is 1. The Labute approximate surface area is 176 Å². The first-order chi connectivity index (χ1) is 13.6. The molecule has 0 saturated carbocycles. The van der Waals surface area contributed by atoms with E-state index in [-0.39, 0.29) is 0 Å². The van der Waals surface area contributed by atoms with Gasteiger partial charge in [-0.15, -0.1) is 0 Å². The van der Waals surface area contributed by atoms with Crippen molar-refractivity contribution < 1.29 is 9.47 Å². The lowest BCUT2D eigenvalue weighted by molar-refractivity contribution is 0.210. The van der Waals surface area contributed by atoms with Gasteiger partial charge in [0.15, 0.2) is 0 Å². The van der Waals surface area contributed by atoms with E-state index in [0.717, 1.165) is 54.1 Å². The maximum absolute atomic E-state index is 5.79. The summed E-state index contributed by atoms with van der Waals surface area (Å²) in [5.41, 5.74) is 3.45. The van der Waals surface area contributed by atoms with E-state index < -0.39 is 0 Å². The van der Waals surface area contributed by atoms with E-state index in [1.54, 1.807) is 0 Å². The second kappa shape index (κ2) is 10.1. The molecule has 2 heterocycles. The first-order valence-electron chi connectivity index (χ1n) is 10.1. The summed E-state index contributed by atoms with van der Waals surface area (Å²) >= 11 is 3.61. The molecule has 0 aliphatic carbocycles. The molecule has 1 saturated heterocycles. The van der Waals surface area contributed by atoms with Crippen LogP contribution in [-0.2, 0) is 6.54 Å². The number of ether oxygens (including phenoxy) is 2. The topological polar surface area (TPSA) is 46.6 Å². The average Bonchev–Trinajstić information content (AvgIpc) is 2.67. The SMILES string of the molecule is CCOc1cc(CN2CCC(Nc3ccnc(C)c3)CC2)cc(OCC)c1Br. The van der Waals surface area contributed by atoms with Crippen molar-refractivity contribution in [3.8, 4) is 11.5 Å². The Hall–Kier alpha value is -1.79. The van der Waals surface area contributed by atoms with Crippen LogP contribution in [0.4, 0.5) is 5.69 Å². The summed E-state index contributed by atoms with van der Waals surface area (Å²) in [6, 6.07) is 8.92. The van der Waals surface area contributed by atoms with Gasteiger partial charge in [0.05, 0.1) is 13.2 Å². The van der Waals surface area contributed by atoms with E-state index in [4.69, 9.17) is 9.47 Å². The van der Waals surface area contributed by atoms with Gasteiger partial charge in [-0.2, -0.15) is 0 Å². The number of rotatable bonds is 8. The first kappa shape index (κ1) is 20.9. The van der Waals surface area contributed by atoms with Crippen LogP contribution in [0, 0.1) is 6.92 Å². The molecule has 152 valence electrons. The van der Waals surface area contributed by atoms with Crippen LogP contribution in [0.3, 0.4) is 0 Å². The van der Waals surface area contributed by atoms with Gasteiger partial charge in [-0.05, 0) is 79.4 Å². The maximum Gasteiger partial charge on any atom is 0.137 e. The second-order valence-electron chi connectivity index (χ2n) is 7.15. The van der Waals surface area contributed by atoms with Gasteiger partial charge in [-0.3, -0.25) is 9.88 Å². The van der Waals surface area contributed by atoms with Gasteiger partial charge in [0, 0.05) is 43.3 Å². The minimum absolute atomic E-state index is 0.515. The molecule has 0 spiro atoms. The van der Waals surface area contributed by atoms with Crippen LogP contribution in [0.25, 0.3) is 0 Å². The molecule has 1 aliphatic rings. The molecule has 1 aliphatic heterocycles. The molecule has 1 fully saturated rings. The molecule has 0 radical (unpaired) electrons. The highest BCUT2D eigenvalue weighted by Crippen LogP contribution is 2.36. The van der Waals surface area contributed by atoms with Crippen molar-refractivity contribution >= 4 is 21.6 Å². The van der Waals surface area contributed by atoms with Gasteiger partial charge in [0.1, 0.15) is 16.0 Å². The lowest BCUT2D eigenvalue weighted by Crippen LogP contribution is -2.38. The van der Waals surface area contributed by atoms with E-state index in [1.807, 2.05) is 33.0 Å².